The molecule has 1 rings (SSSR count). The Balaban J connectivity index is 2.48. The first kappa shape index (κ1) is 16.0. The first-order chi connectivity index (χ1) is 9.30. The Bertz CT molecular complexity index is 457. The normalized spacial score (nSPS) is 10.9. The second kappa shape index (κ2) is 6.93. The summed E-state index contributed by atoms with van der Waals surface area (Å²) in [4.78, 5) is 23.6. The Morgan fingerprint density at radius 3 is 2.40 bits per heavy atom. The van der Waals surface area contributed by atoms with Crippen molar-refractivity contribution in [2.24, 2.45) is 0 Å². The molecule has 0 aromatic heterocycles. The molecule has 0 unspecified atom stereocenters. The van der Waals surface area contributed by atoms with Crippen molar-refractivity contribution in [1.82, 2.24) is 10.2 Å². The fraction of sp³-hybridized carbons (Fsp3) is 0.467. The predicted molar refractivity (Wildman–Crippen MR) is 77.6 cm³/mol. The number of amides is 2. The van der Waals surface area contributed by atoms with Crippen LogP contribution >= 0.6 is 0 Å². The smallest absolute Gasteiger partial charge is 0.323 e. The summed E-state index contributed by atoms with van der Waals surface area (Å²) in [5, 5.41) is 11.5. The van der Waals surface area contributed by atoms with Gasteiger partial charge in [0.15, 0.2) is 0 Å². The van der Waals surface area contributed by atoms with E-state index >= 15 is 0 Å². The average molecular weight is 278 g/mol. The van der Waals surface area contributed by atoms with Gasteiger partial charge in [0.25, 0.3) is 0 Å². The Morgan fingerprint density at radius 2 is 1.85 bits per heavy atom. The largest absolute Gasteiger partial charge is 0.480 e. The molecule has 1 aromatic carbocycles. The van der Waals surface area contributed by atoms with Gasteiger partial charge in [0.05, 0.1) is 0 Å². The highest BCUT2D eigenvalue weighted by molar-refractivity contribution is 5.80. The van der Waals surface area contributed by atoms with Crippen LogP contribution in [0.15, 0.2) is 30.3 Å². The zero-order chi connectivity index (χ0) is 15.2. The number of aliphatic carboxylic acids is 1. The van der Waals surface area contributed by atoms with E-state index in [4.69, 9.17) is 5.11 Å². The van der Waals surface area contributed by atoms with Gasteiger partial charge in [-0.05, 0) is 32.3 Å². The van der Waals surface area contributed by atoms with Crippen LogP contribution in [-0.4, -0.2) is 41.1 Å². The van der Waals surface area contributed by atoms with Crippen molar-refractivity contribution in [2.45, 2.75) is 32.2 Å². The molecule has 0 saturated carbocycles. The molecule has 0 aliphatic rings. The number of benzene rings is 1. The van der Waals surface area contributed by atoms with Crippen LogP contribution in [-0.2, 0) is 11.2 Å². The molecular formula is C15H22N2O3. The Labute approximate surface area is 119 Å². The first-order valence-corrected chi connectivity index (χ1v) is 6.59. The maximum Gasteiger partial charge on any atom is 0.323 e. The number of carboxylic acids is 1. The maximum atomic E-state index is 11.9. The standard InChI is InChI=1S/C15H22N2O3/c1-15(2,10-9-12-7-5-4-6-8-12)16-14(20)17(3)11-13(18)19/h4-8H,9-11H2,1-3H3,(H,16,20)(H,18,19). The summed E-state index contributed by atoms with van der Waals surface area (Å²) >= 11 is 0. The molecule has 0 heterocycles. The Hall–Kier alpha value is -2.04. The number of carboxylic acid groups (broad SMARTS) is 1. The molecule has 0 aliphatic heterocycles. The van der Waals surface area contributed by atoms with Gasteiger partial charge in [0.2, 0.25) is 0 Å². The van der Waals surface area contributed by atoms with Gasteiger partial charge in [0.1, 0.15) is 6.54 Å². The summed E-state index contributed by atoms with van der Waals surface area (Å²) in [6.07, 6.45) is 1.64. The molecular weight excluding hydrogens is 256 g/mol. The SMILES string of the molecule is CN(CC(=O)O)C(=O)NC(C)(C)CCc1ccccc1. The number of hydrogen-bond acceptors (Lipinski definition) is 2. The number of carbonyl (C=O) groups is 2. The number of carbonyl (C=O) groups excluding carboxylic acids is 1. The molecule has 0 atom stereocenters. The summed E-state index contributed by atoms with van der Waals surface area (Å²) in [5.74, 6) is -1.02. The van der Waals surface area contributed by atoms with Gasteiger partial charge in [-0.1, -0.05) is 30.3 Å². The van der Waals surface area contributed by atoms with Gasteiger partial charge in [-0.25, -0.2) is 4.79 Å². The minimum atomic E-state index is -1.02. The van der Waals surface area contributed by atoms with Gasteiger partial charge in [0, 0.05) is 12.6 Å². The van der Waals surface area contributed by atoms with Crippen LogP contribution in [0.4, 0.5) is 4.79 Å². The molecule has 0 bridgehead atoms. The highest BCUT2D eigenvalue weighted by atomic mass is 16.4. The van der Waals surface area contributed by atoms with Crippen LogP contribution in [0.1, 0.15) is 25.8 Å². The molecule has 0 fully saturated rings. The molecule has 110 valence electrons. The number of hydrogen-bond donors (Lipinski definition) is 2. The molecule has 0 spiro atoms. The summed E-state index contributed by atoms with van der Waals surface area (Å²) < 4.78 is 0. The molecule has 1 aromatic rings. The van der Waals surface area contributed by atoms with E-state index in [9.17, 15) is 9.59 Å². The third-order valence-electron chi connectivity index (χ3n) is 3.05. The van der Waals surface area contributed by atoms with Gasteiger partial charge >= 0.3 is 12.0 Å². The number of nitrogens with one attached hydrogen (secondary N) is 1. The van der Waals surface area contributed by atoms with Crippen LogP contribution in [0.2, 0.25) is 0 Å². The topological polar surface area (TPSA) is 69.6 Å². The first-order valence-electron chi connectivity index (χ1n) is 6.59. The molecule has 20 heavy (non-hydrogen) atoms. The summed E-state index contributed by atoms with van der Waals surface area (Å²) in [7, 11) is 1.47. The van der Waals surface area contributed by atoms with E-state index in [2.05, 4.69) is 17.4 Å². The molecule has 0 aliphatic carbocycles. The second-order valence-corrected chi connectivity index (χ2v) is 5.55. The summed E-state index contributed by atoms with van der Waals surface area (Å²) in [6, 6.07) is 9.67. The summed E-state index contributed by atoms with van der Waals surface area (Å²) in [5.41, 5.74) is 0.827. The molecule has 2 amide bonds. The number of urea groups is 1. The van der Waals surface area contributed by atoms with E-state index in [-0.39, 0.29) is 18.1 Å². The van der Waals surface area contributed by atoms with E-state index in [1.165, 1.54) is 12.6 Å². The highest BCUT2D eigenvalue weighted by Crippen LogP contribution is 2.13. The number of aryl methyl sites for hydroxylation is 1. The van der Waals surface area contributed by atoms with Crippen molar-refractivity contribution in [1.29, 1.82) is 0 Å². The lowest BCUT2D eigenvalue weighted by atomic mass is 9.95. The highest BCUT2D eigenvalue weighted by Gasteiger charge is 2.22. The molecule has 0 saturated heterocycles. The monoisotopic (exact) mass is 278 g/mol. The maximum absolute atomic E-state index is 11.9. The van der Waals surface area contributed by atoms with Gasteiger partial charge in [-0.3, -0.25) is 4.79 Å². The molecule has 0 radical (unpaired) electrons. The van der Waals surface area contributed by atoms with Crippen molar-refractivity contribution in [3.05, 3.63) is 35.9 Å². The van der Waals surface area contributed by atoms with Crippen molar-refractivity contribution >= 4 is 12.0 Å². The van der Waals surface area contributed by atoms with Crippen LogP contribution in [0.25, 0.3) is 0 Å². The van der Waals surface area contributed by atoms with Gasteiger partial charge < -0.3 is 15.3 Å². The fourth-order valence-electron chi connectivity index (χ4n) is 1.82. The van der Waals surface area contributed by atoms with E-state index in [1.54, 1.807) is 0 Å². The minimum Gasteiger partial charge on any atom is -0.480 e. The fourth-order valence-corrected chi connectivity index (χ4v) is 1.82. The molecule has 2 N–H and O–H groups in total. The van der Waals surface area contributed by atoms with Crippen molar-refractivity contribution in [2.75, 3.05) is 13.6 Å². The average Bonchev–Trinajstić information content (AvgIpc) is 2.36. The minimum absolute atomic E-state index is 0.305. The van der Waals surface area contributed by atoms with Gasteiger partial charge in [-0.15, -0.1) is 0 Å². The van der Waals surface area contributed by atoms with Crippen molar-refractivity contribution in [3.8, 4) is 0 Å². The van der Waals surface area contributed by atoms with E-state index in [0.717, 1.165) is 17.7 Å². The van der Waals surface area contributed by atoms with Crippen molar-refractivity contribution < 1.29 is 14.7 Å². The van der Waals surface area contributed by atoms with Crippen LogP contribution in [0, 0.1) is 0 Å². The predicted octanol–water partition coefficient (Wildman–Crippen LogP) is 2.12. The third kappa shape index (κ3) is 5.73. The van der Waals surface area contributed by atoms with Crippen LogP contribution in [0.5, 0.6) is 0 Å². The number of rotatable bonds is 6. The number of likely N-dealkylation sites (N-methyl/N-ethyl adjacent to an activating group) is 1. The second-order valence-electron chi connectivity index (χ2n) is 5.55. The third-order valence-corrected chi connectivity index (χ3v) is 3.05. The molecule has 5 nitrogen and oxygen atoms in total. The lowest BCUT2D eigenvalue weighted by molar-refractivity contribution is -0.137. The van der Waals surface area contributed by atoms with Crippen LogP contribution in [0.3, 0.4) is 0 Å². The Morgan fingerprint density at radius 1 is 1.25 bits per heavy atom. The quantitative estimate of drug-likeness (QED) is 0.837. The zero-order valence-electron chi connectivity index (χ0n) is 12.2. The Kier molecular flexibility index (Phi) is 5.55. The summed E-state index contributed by atoms with van der Waals surface area (Å²) in [6.45, 7) is 3.56. The number of nitrogens with zero attached hydrogens (tertiary/aromatic N) is 1. The van der Waals surface area contributed by atoms with Gasteiger partial charge in [-0.2, -0.15) is 0 Å². The van der Waals surface area contributed by atoms with Crippen LogP contribution < -0.4 is 5.32 Å². The van der Waals surface area contributed by atoms with E-state index in [1.807, 2.05) is 32.0 Å². The van der Waals surface area contributed by atoms with E-state index in [0.29, 0.717) is 0 Å². The lowest BCUT2D eigenvalue weighted by Gasteiger charge is -2.29. The lowest BCUT2D eigenvalue weighted by Crippen LogP contribution is -2.50. The van der Waals surface area contributed by atoms with Crippen molar-refractivity contribution in [3.63, 3.8) is 0 Å². The molecule has 5 heteroatoms. The van der Waals surface area contributed by atoms with E-state index < -0.39 is 5.97 Å². The zero-order valence-corrected chi connectivity index (χ0v) is 12.2.